The summed E-state index contributed by atoms with van der Waals surface area (Å²) in [4.78, 5) is 4.61. The first kappa shape index (κ1) is 15.2. The largest absolute Gasteiger partial charge is 0.317 e. The maximum atomic E-state index is 4.61. The Labute approximate surface area is 162 Å². The highest BCUT2D eigenvalue weighted by Crippen LogP contribution is 2.35. The van der Waals surface area contributed by atoms with E-state index in [0.29, 0.717) is 0 Å². The highest BCUT2D eigenvalue weighted by atomic mass is 15.1. The van der Waals surface area contributed by atoms with Crippen LogP contribution in [-0.2, 0) is 0 Å². The number of para-hydroxylation sites is 2. The van der Waals surface area contributed by atoms with Crippen molar-refractivity contribution in [3.05, 3.63) is 103 Å². The van der Waals surface area contributed by atoms with Crippen molar-refractivity contribution in [1.82, 2.24) is 14.1 Å². The molecule has 132 valence electrons. The monoisotopic (exact) mass is 359 g/mol. The number of pyridine rings is 1. The smallest absolute Gasteiger partial charge is 0.137 e. The van der Waals surface area contributed by atoms with Crippen LogP contribution in [-0.4, -0.2) is 14.1 Å². The lowest BCUT2D eigenvalue weighted by Gasteiger charge is -2.07. The lowest BCUT2D eigenvalue weighted by atomic mass is 10.1. The van der Waals surface area contributed by atoms with Gasteiger partial charge < -0.3 is 4.57 Å². The van der Waals surface area contributed by atoms with Gasteiger partial charge in [0.25, 0.3) is 0 Å². The van der Waals surface area contributed by atoms with Crippen molar-refractivity contribution >= 4 is 32.7 Å². The number of hydrogen-bond acceptors (Lipinski definition) is 1. The summed E-state index contributed by atoms with van der Waals surface area (Å²) in [6.45, 7) is 0. The van der Waals surface area contributed by atoms with E-state index < -0.39 is 0 Å². The minimum atomic E-state index is 0.940. The van der Waals surface area contributed by atoms with Crippen molar-refractivity contribution in [2.75, 3.05) is 0 Å². The van der Waals surface area contributed by atoms with E-state index >= 15 is 0 Å². The molecular weight excluding hydrogens is 342 g/mol. The normalized spacial score (nSPS) is 11.6. The maximum Gasteiger partial charge on any atom is 0.137 e. The molecular formula is C25H17N3. The Morgan fingerprint density at radius 2 is 1.43 bits per heavy atom. The summed E-state index contributed by atoms with van der Waals surface area (Å²) in [5, 5.41) is 3.70. The maximum absolute atomic E-state index is 4.61. The first-order valence-corrected chi connectivity index (χ1v) is 9.41. The predicted octanol–water partition coefficient (Wildman–Crippen LogP) is 6.12. The number of rotatable bonds is 2. The van der Waals surface area contributed by atoms with Gasteiger partial charge in [0.2, 0.25) is 0 Å². The molecule has 0 saturated heterocycles. The first-order chi connectivity index (χ1) is 13.9. The van der Waals surface area contributed by atoms with Crippen LogP contribution in [0.2, 0.25) is 0 Å². The highest BCUT2D eigenvalue weighted by Gasteiger charge is 2.15. The molecule has 0 unspecified atom stereocenters. The van der Waals surface area contributed by atoms with Crippen molar-refractivity contribution < 1.29 is 0 Å². The van der Waals surface area contributed by atoms with Crippen molar-refractivity contribution in [2.45, 2.75) is 0 Å². The molecule has 0 N–H and O–H groups in total. The Bertz CT molecular complexity index is 1440. The van der Waals surface area contributed by atoms with E-state index in [4.69, 9.17) is 0 Å². The van der Waals surface area contributed by atoms with Gasteiger partial charge in [-0.15, -0.1) is 0 Å². The van der Waals surface area contributed by atoms with E-state index in [1.807, 2.05) is 24.4 Å². The van der Waals surface area contributed by atoms with Gasteiger partial charge in [-0.1, -0.05) is 42.5 Å². The summed E-state index contributed by atoms with van der Waals surface area (Å²) >= 11 is 0. The molecule has 0 spiro atoms. The van der Waals surface area contributed by atoms with Gasteiger partial charge in [0.15, 0.2) is 0 Å². The molecule has 0 atom stereocenters. The van der Waals surface area contributed by atoms with Crippen LogP contribution in [0.15, 0.2) is 103 Å². The van der Waals surface area contributed by atoms with Gasteiger partial charge in [-0.05, 0) is 48.5 Å². The summed E-state index contributed by atoms with van der Waals surface area (Å²) in [5.74, 6) is 0.940. The van der Waals surface area contributed by atoms with E-state index in [0.717, 1.165) is 5.82 Å². The fraction of sp³-hybridized carbons (Fsp3) is 0. The van der Waals surface area contributed by atoms with Crippen LogP contribution in [0.25, 0.3) is 44.2 Å². The number of aromatic nitrogens is 3. The molecule has 0 radical (unpaired) electrons. The Balaban J connectivity index is 1.74. The van der Waals surface area contributed by atoms with E-state index in [-0.39, 0.29) is 0 Å². The Hall–Kier alpha value is -3.85. The van der Waals surface area contributed by atoms with Gasteiger partial charge in [-0.3, -0.25) is 4.57 Å². The van der Waals surface area contributed by atoms with Crippen molar-refractivity contribution in [3.8, 4) is 11.5 Å². The third kappa shape index (κ3) is 2.13. The number of fused-ring (bicyclic) bond motifs is 4. The Morgan fingerprint density at radius 1 is 0.607 bits per heavy atom. The second-order valence-corrected chi connectivity index (χ2v) is 6.99. The molecule has 0 amide bonds. The van der Waals surface area contributed by atoms with Crippen LogP contribution in [0.3, 0.4) is 0 Å². The van der Waals surface area contributed by atoms with E-state index in [1.54, 1.807) is 0 Å². The standard InChI is InChI=1S/C25H17N3/c1-2-8-19(9-3-1)27-15-13-18-16-24-21(17-23(18)27)20-10-4-5-11-22(20)28(24)25-12-6-7-14-26-25/h1-17H. The third-order valence-corrected chi connectivity index (χ3v) is 5.40. The topological polar surface area (TPSA) is 22.8 Å². The van der Waals surface area contributed by atoms with Crippen LogP contribution in [0.5, 0.6) is 0 Å². The van der Waals surface area contributed by atoms with Crippen LogP contribution in [0, 0.1) is 0 Å². The molecule has 0 aliphatic carbocycles. The molecule has 0 fully saturated rings. The third-order valence-electron chi connectivity index (χ3n) is 5.40. The quantitative estimate of drug-likeness (QED) is 0.365. The van der Waals surface area contributed by atoms with Gasteiger partial charge in [0.05, 0.1) is 16.6 Å². The van der Waals surface area contributed by atoms with Gasteiger partial charge >= 0.3 is 0 Å². The SMILES string of the molecule is c1ccc(-n2ccc3cc4c(cc32)c2ccccc2n4-c2ccccn2)cc1. The molecule has 0 aliphatic heterocycles. The van der Waals surface area contributed by atoms with Gasteiger partial charge in [-0.25, -0.2) is 4.98 Å². The molecule has 3 heterocycles. The van der Waals surface area contributed by atoms with Gasteiger partial charge in [0.1, 0.15) is 5.82 Å². The van der Waals surface area contributed by atoms with E-state index in [1.165, 1.54) is 38.4 Å². The molecule has 3 aromatic carbocycles. The fourth-order valence-corrected chi connectivity index (χ4v) is 4.14. The first-order valence-electron chi connectivity index (χ1n) is 9.41. The molecule has 6 rings (SSSR count). The second-order valence-electron chi connectivity index (χ2n) is 6.99. The van der Waals surface area contributed by atoms with Gasteiger partial charge in [-0.2, -0.15) is 0 Å². The van der Waals surface area contributed by atoms with Crippen molar-refractivity contribution in [3.63, 3.8) is 0 Å². The summed E-state index contributed by atoms with van der Waals surface area (Å²) in [6, 6.07) is 31.8. The van der Waals surface area contributed by atoms with E-state index in [9.17, 15) is 0 Å². The molecule has 0 aliphatic rings. The minimum absolute atomic E-state index is 0.940. The van der Waals surface area contributed by atoms with Crippen LogP contribution in [0.4, 0.5) is 0 Å². The summed E-state index contributed by atoms with van der Waals surface area (Å²) in [5.41, 5.74) is 4.74. The number of nitrogens with zero attached hydrogens (tertiary/aromatic N) is 3. The van der Waals surface area contributed by atoms with Crippen molar-refractivity contribution in [1.29, 1.82) is 0 Å². The van der Waals surface area contributed by atoms with E-state index in [2.05, 4.69) is 93.1 Å². The zero-order chi connectivity index (χ0) is 18.5. The molecule has 6 aromatic rings. The van der Waals surface area contributed by atoms with Gasteiger partial charge in [0, 0.05) is 34.2 Å². The number of hydrogen-bond donors (Lipinski definition) is 0. The molecule has 3 aromatic heterocycles. The summed E-state index contributed by atoms with van der Waals surface area (Å²) in [7, 11) is 0. The Kier molecular flexibility index (Phi) is 3.17. The average Bonchev–Trinajstić information content (AvgIpc) is 3.32. The zero-order valence-corrected chi connectivity index (χ0v) is 15.2. The molecule has 28 heavy (non-hydrogen) atoms. The summed E-state index contributed by atoms with van der Waals surface area (Å²) < 4.78 is 4.51. The molecule has 0 bridgehead atoms. The lowest BCUT2D eigenvalue weighted by molar-refractivity contribution is 1.08. The molecule has 3 heteroatoms. The van der Waals surface area contributed by atoms with Crippen LogP contribution >= 0.6 is 0 Å². The van der Waals surface area contributed by atoms with Crippen LogP contribution < -0.4 is 0 Å². The second kappa shape index (κ2) is 5.83. The highest BCUT2D eigenvalue weighted by molar-refractivity contribution is 6.13. The lowest BCUT2D eigenvalue weighted by Crippen LogP contribution is -1.96. The molecule has 3 nitrogen and oxygen atoms in total. The van der Waals surface area contributed by atoms with Crippen LogP contribution in [0.1, 0.15) is 0 Å². The predicted molar refractivity (Wildman–Crippen MR) is 115 cm³/mol. The number of benzene rings is 3. The minimum Gasteiger partial charge on any atom is -0.317 e. The zero-order valence-electron chi connectivity index (χ0n) is 15.2. The average molecular weight is 359 g/mol. The molecule has 0 saturated carbocycles. The summed E-state index contributed by atoms with van der Waals surface area (Å²) in [6.07, 6.45) is 3.99. The van der Waals surface area contributed by atoms with Crippen molar-refractivity contribution in [2.24, 2.45) is 0 Å². The fourth-order valence-electron chi connectivity index (χ4n) is 4.14. The Morgan fingerprint density at radius 3 is 2.29 bits per heavy atom.